The first-order valence-electron chi connectivity index (χ1n) is 15.4. The third-order valence-corrected chi connectivity index (χ3v) is 7.73. The Balaban J connectivity index is 1.27. The molecule has 0 saturated carbocycles. The molecule has 10 heteroatoms. The zero-order valence-electron chi connectivity index (χ0n) is 26.6. The third-order valence-electron chi connectivity index (χ3n) is 7.73. The summed E-state index contributed by atoms with van der Waals surface area (Å²) in [5.41, 5.74) is 3.86. The molecule has 5 aromatic rings. The normalized spacial score (nSPS) is 13.6. The van der Waals surface area contributed by atoms with Gasteiger partial charge in [-0.2, -0.15) is 10.1 Å². The molecule has 0 unspecified atom stereocenters. The van der Waals surface area contributed by atoms with Crippen LogP contribution in [0.3, 0.4) is 0 Å². The highest BCUT2D eigenvalue weighted by atomic mass is 19.1. The lowest BCUT2D eigenvalue weighted by Crippen LogP contribution is -2.50. The van der Waals surface area contributed by atoms with Crippen molar-refractivity contribution in [1.29, 1.82) is 0 Å². The minimum absolute atomic E-state index is 0.293. The van der Waals surface area contributed by atoms with Gasteiger partial charge in [0.15, 0.2) is 0 Å². The predicted octanol–water partition coefficient (Wildman–Crippen LogP) is 6.99. The number of aryl methyl sites for hydroxylation is 1. The highest BCUT2D eigenvalue weighted by Crippen LogP contribution is 2.37. The van der Waals surface area contributed by atoms with E-state index < -0.39 is 5.60 Å². The molecule has 1 aliphatic rings. The smallest absolute Gasteiger partial charge is 0.410 e. The van der Waals surface area contributed by atoms with E-state index >= 15 is 4.39 Å². The number of benzene rings is 3. The first-order chi connectivity index (χ1) is 22.1. The molecule has 0 radical (unpaired) electrons. The molecule has 0 N–H and O–H groups in total. The van der Waals surface area contributed by atoms with E-state index in [0.29, 0.717) is 73.5 Å². The zero-order valence-corrected chi connectivity index (χ0v) is 26.6. The van der Waals surface area contributed by atoms with Crippen molar-refractivity contribution in [2.45, 2.75) is 39.6 Å². The highest BCUT2D eigenvalue weighted by molar-refractivity contribution is 5.96. The van der Waals surface area contributed by atoms with E-state index in [2.05, 4.69) is 0 Å². The second kappa shape index (κ2) is 13.1. The van der Waals surface area contributed by atoms with Gasteiger partial charge in [0.05, 0.1) is 16.8 Å². The zero-order chi connectivity index (χ0) is 32.3. The van der Waals surface area contributed by atoms with Crippen molar-refractivity contribution < 1.29 is 23.4 Å². The summed E-state index contributed by atoms with van der Waals surface area (Å²) in [5, 5.41) is 5.44. The van der Waals surface area contributed by atoms with Crippen molar-refractivity contribution in [2.75, 3.05) is 31.1 Å². The van der Waals surface area contributed by atoms with Crippen LogP contribution in [0.2, 0.25) is 0 Å². The van der Waals surface area contributed by atoms with Gasteiger partial charge >= 0.3 is 6.09 Å². The molecule has 0 atom stereocenters. The molecule has 1 saturated heterocycles. The van der Waals surface area contributed by atoms with E-state index in [1.807, 2.05) is 106 Å². The number of carbonyl (C=O) groups excluding carboxylic acids is 1. The number of carbonyl (C=O) groups is 1. The van der Waals surface area contributed by atoms with Crippen molar-refractivity contribution >= 4 is 22.7 Å². The topological polar surface area (TPSA) is 82.0 Å². The molecule has 1 aliphatic heterocycles. The maximum atomic E-state index is 15.8. The lowest BCUT2D eigenvalue weighted by atomic mass is 10.1. The van der Waals surface area contributed by atoms with E-state index in [9.17, 15) is 4.79 Å². The Labute approximate surface area is 268 Å². The lowest BCUT2D eigenvalue weighted by Gasteiger charge is -2.36. The molecule has 6 rings (SSSR count). The molecule has 0 bridgehead atoms. The second-order valence-corrected chi connectivity index (χ2v) is 12.3. The molecule has 2 aromatic heterocycles. The average molecular weight is 624 g/mol. The van der Waals surface area contributed by atoms with Crippen LogP contribution in [-0.2, 0) is 25.0 Å². The quantitative estimate of drug-likeness (QED) is 0.184. The van der Waals surface area contributed by atoms with Crippen LogP contribution in [0.5, 0.6) is 11.8 Å². The fourth-order valence-corrected chi connectivity index (χ4v) is 5.42. The molecule has 1 amide bonds. The Hall–Kier alpha value is -5.12. The first-order valence-corrected chi connectivity index (χ1v) is 15.4. The number of aromatic nitrogens is 3. The Bertz CT molecular complexity index is 1810. The highest BCUT2D eigenvalue weighted by Gasteiger charge is 2.28. The van der Waals surface area contributed by atoms with E-state index in [1.165, 1.54) is 6.07 Å². The molecular weight excluding hydrogens is 585 g/mol. The molecular formula is C36H38FN5O4. The van der Waals surface area contributed by atoms with Crippen LogP contribution < -0.4 is 14.4 Å². The van der Waals surface area contributed by atoms with Gasteiger partial charge in [0.25, 0.3) is 0 Å². The Morgan fingerprint density at radius 2 is 1.48 bits per heavy atom. The number of halogens is 1. The molecule has 46 heavy (non-hydrogen) atoms. The second-order valence-electron chi connectivity index (χ2n) is 12.3. The van der Waals surface area contributed by atoms with Crippen molar-refractivity contribution in [1.82, 2.24) is 19.7 Å². The Kier molecular flexibility index (Phi) is 8.78. The van der Waals surface area contributed by atoms with E-state index in [1.54, 1.807) is 15.6 Å². The van der Waals surface area contributed by atoms with Crippen LogP contribution in [0.4, 0.5) is 14.9 Å². The molecule has 0 aliphatic carbocycles. The minimum Gasteiger partial charge on any atom is -0.473 e. The summed E-state index contributed by atoms with van der Waals surface area (Å²) < 4.78 is 35.3. The number of rotatable bonds is 8. The number of pyridine rings is 1. The van der Waals surface area contributed by atoms with Crippen molar-refractivity contribution in [3.8, 4) is 23.0 Å². The molecule has 238 valence electrons. The number of nitrogens with zero attached hydrogens (tertiary/aromatic N) is 5. The molecule has 3 aromatic carbocycles. The SMILES string of the molecule is Cn1nc(-c2ccc(OCc3ccccc3)nc2OCc2ccccc2)c2cc(F)c(N3CCN(C(=O)OC(C)(C)C)CC3)cc21. The first kappa shape index (κ1) is 30.9. The number of hydrogen-bond acceptors (Lipinski definition) is 7. The fourth-order valence-electron chi connectivity index (χ4n) is 5.42. The van der Waals surface area contributed by atoms with Gasteiger partial charge in [0, 0.05) is 44.7 Å². The van der Waals surface area contributed by atoms with E-state index in [0.717, 1.165) is 16.6 Å². The monoisotopic (exact) mass is 623 g/mol. The van der Waals surface area contributed by atoms with Gasteiger partial charge < -0.3 is 24.0 Å². The van der Waals surface area contributed by atoms with Gasteiger partial charge in [0.2, 0.25) is 11.8 Å². The molecule has 1 fully saturated rings. The van der Waals surface area contributed by atoms with Crippen LogP contribution in [0.1, 0.15) is 31.9 Å². The van der Waals surface area contributed by atoms with Crippen molar-refractivity contribution in [2.24, 2.45) is 7.05 Å². The van der Waals surface area contributed by atoms with Gasteiger partial charge in [-0.3, -0.25) is 4.68 Å². The minimum atomic E-state index is -0.569. The number of ether oxygens (including phenoxy) is 3. The van der Waals surface area contributed by atoms with Gasteiger partial charge in [0.1, 0.15) is 30.3 Å². The standard InChI is InChI=1S/C36H38FN5O4/c1-36(2,3)46-35(43)42-19-17-41(18-20-42)31-22-30-28(21-29(31)37)33(39-40(30)4)27-15-16-32(44-23-25-11-7-5-8-12-25)38-34(27)45-24-26-13-9-6-10-14-26/h5-16,21-22H,17-20,23-24H2,1-4H3. The van der Waals surface area contributed by atoms with Crippen molar-refractivity contribution in [3.05, 3.63) is 102 Å². The fraction of sp³-hybridized carbons (Fsp3) is 0.306. The summed E-state index contributed by atoms with van der Waals surface area (Å²) in [4.78, 5) is 20.9. The summed E-state index contributed by atoms with van der Waals surface area (Å²) in [5.74, 6) is 0.391. The molecule has 9 nitrogen and oxygen atoms in total. The van der Waals surface area contributed by atoms with Gasteiger partial charge in [-0.05, 0) is 50.1 Å². The average Bonchev–Trinajstić information content (AvgIpc) is 3.37. The summed E-state index contributed by atoms with van der Waals surface area (Å²) in [6, 6.07) is 26.7. The van der Waals surface area contributed by atoms with Crippen LogP contribution >= 0.6 is 0 Å². The number of amides is 1. The van der Waals surface area contributed by atoms with Crippen molar-refractivity contribution in [3.63, 3.8) is 0 Å². The Morgan fingerprint density at radius 1 is 0.848 bits per heavy atom. The lowest BCUT2D eigenvalue weighted by molar-refractivity contribution is 0.0240. The number of piperazine rings is 1. The summed E-state index contributed by atoms with van der Waals surface area (Å²) in [6.07, 6.45) is -0.352. The Morgan fingerprint density at radius 3 is 2.11 bits per heavy atom. The molecule has 0 spiro atoms. The molecule has 3 heterocycles. The summed E-state index contributed by atoms with van der Waals surface area (Å²) in [7, 11) is 1.84. The van der Waals surface area contributed by atoms with Crippen LogP contribution in [0.25, 0.3) is 22.2 Å². The number of anilines is 1. The third kappa shape index (κ3) is 7.06. The van der Waals surface area contributed by atoms with Crippen LogP contribution in [0.15, 0.2) is 84.9 Å². The van der Waals surface area contributed by atoms with Crippen LogP contribution in [-0.4, -0.2) is 57.5 Å². The summed E-state index contributed by atoms with van der Waals surface area (Å²) >= 11 is 0. The van der Waals surface area contributed by atoms with E-state index in [4.69, 9.17) is 24.3 Å². The largest absolute Gasteiger partial charge is 0.473 e. The van der Waals surface area contributed by atoms with E-state index in [-0.39, 0.29) is 11.9 Å². The predicted molar refractivity (Wildman–Crippen MR) is 175 cm³/mol. The van der Waals surface area contributed by atoms with Gasteiger partial charge in [-0.1, -0.05) is 60.7 Å². The summed E-state index contributed by atoms with van der Waals surface area (Å²) in [6.45, 7) is 8.03. The maximum Gasteiger partial charge on any atom is 0.410 e. The maximum absolute atomic E-state index is 15.8. The number of hydrogen-bond donors (Lipinski definition) is 0. The van der Waals surface area contributed by atoms with Gasteiger partial charge in [-0.15, -0.1) is 0 Å². The van der Waals surface area contributed by atoms with Crippen LogP contribution in [0, 0.1) is 5.82 Å². The number of fused-ring (bicyclic) bond motifs is 1. The van der Waals surface area contributed by atoms with Gasteiger partial charge in [-0.25, -0.2) is 9.18 Å².